The summed E-state index contributed by atoms with van der Waals surface area (Å²) in [7, 11) is 9.15. The van der Waals surface area contributed by atoms with Crippen LogP contribution < -0.4 is 37.2 Å². The summed E-state index contributed by atoms with van der Waals surface area (Å²) in [5.74, 6) is -15.7. The fraction of sp³-hybridized carbons (Fsp3) is 0.690. The number of hydrogen-bond acceptors (Lipinski definition) is 16. The zero-order valence-electron chi connectivity index (χ0n) is 75.1. The van der Waals surface area contributed by atoms with Crippen molar-refractivity contribution >= 4 is 100 Å². The summed E-state index contributed by atoms with van der Waals surface area (Å²) in [5.41, 5.74) is 1.01. The third kappa shape index (κ3) is 28.4. The second-order valence-corrected chi connectivity index (χ2v) is 35.4. The molecule has 0 aromatic heterocycles. The van der Waals surface area contributed by atoms with Gasteiger partial charge in [0.05, 0.1) is 6.10 Å². The first-order valence-corrected chi connectivity index (χ1v) is 42.7. The number of benzene rings is 2. The van der Waals surface area contributed by atoms with E-state index in [4.69, 9.17) is 11.6 Å². The van der Waals surface area contributed by atoms with Crippen molar-refractivity contribution in [2.75, 3.05) is 62.4 Å². The highest BCUT2D eigenvalue weighted by Gasteiger charge is 2.47. The Bertz CT molecular complexity index is 3820. The number of carbonyl (C=O) groups excluding carboxylic acids is 15. The van der Waals surface area contributed by atoms with Gasteiger partial charge in [-0.3, -0.25) is 71.9 Å². The standard InChI is InChI=1S/C87H140ClN15O16/c1-26-53(13)69-79(111)95-72(86(118)102(25)67(46-59-35-30-28-31-36-59)82(114)99(22)64(43-50(7)8)78(110)93-70(54(14)27-2)87(119)103-39-32-29-33-40-103)85(117)98(21)56(16)74(106)91-68(52(11)12)83(115)97(20)57(17)75(107)94-71(58(18)104)84(116)100(23)65(47-60-37-34-38-61(88)45-60)77(109)90-63(42-49(5)6)80(112)101(24)66(44-51(9)10)81(113)96(19)55(15)73(105)89-62(41-48(3)4)76(108)92-69/h28,30-31,34-38,45,48-58,62-72,104H,26-27,29,32-33,39-44,46-47H2,1-25H3,(H,89,105)(H,90,109)(H,91,106)(H,92,108)(H,93,110)(H,94,107)(H,95,111)/t53-,54-,55-,56-,57-,58+,62-,63-,64-,65-,66-,67-,68-,69-,70?,71-,72?/m0/s1. The van der Waals surface area contributed by atoms with E-state index in [1.54, 1.807) is 101 Å². The van der Waals surface area contributed by atoms with E-state index < -0.39 is 185 Å². The Morgan fingerprint density at radius 3 is 1.50 bits per heavy atom. The number of halogens is 1. The molecule has 0 saturated carbocycles. The second kappa shape index (κ2) is 47.1. The summed E-state index contributed by atoms with van der Waals surface area (Å²) < 4.78 is 0. The van der Waals surface area contributed by atoms with Crippen molar-refractivity contribution < 1.29 is 77.0 Å². The number of carbonyl (C=O) groups is 15. The van der Waals surface area contributed by atoms with Gasteiger partial charge < -0.3 is 81.5 Å². The third-order valence-corrected chi connectivity index (χ3v) is 23.5. The maximum Gasteiger partial charge on any atom is 0.255 e. The molecule has 0 aliphatic carbocycles. The lowest BCUT2D eigenvalue weighted by Crippen LogP contribution is -2.65. The van der Waals surface area contributed by atoms with Crippen molar-refractivity contribution in [3.8, 4) is 0 Å². The Morgan fingerprint density at radius 2 is 0.983 bits per heavy atom. The number of hydrogen-bond donors (Lipinski definition) is 8. The van der Waals surface area contributed by atoms with E-state index in [0.717, 1.165) is 43.8 Å². The molecule has 119 heavy (non-hydrogen) atoms. The molecular formula is C87H140ClN15O16. The Labute approximate surface area is 710 Å². The van der Waals surface area contributed by atoms with Crippen molar-refractivity contribution in [3.05, 3.63) is 70.7 Å². The molecule has 4 rings (SSSR count). The minimum atomic E-state index is -2.33. The first-order chi connectivity index (χ1) is 55.5. The summed E-state index contributed by atoms with van der Waals surface area (Å²) in [6.45, 7) is 31.3. The van der Waals surface area contributed by atoms with E-state index in [9.17, 15) is 33.9 Å². The van der Waals surface area contributed by atoms with Crippen LogP contribution in [0.4, 0.5) is 0 Å². The fourth-order valence-electron chi connectivity index (χ4n) is 14.6. The van der Waals surface area contributed by atoms with Crippen molar-refractivity contribution in [1.29, 1.82) is 0 Å². The van der Waals surface area contributed by atoms with Crippen LogP contribution in [0.3, 0.4) is 0 Å². The summed E-state index contributed by atoms with van der Waals surface area (Å²) in [5, 5.41) is 31.0. The third-order valence-electron chi connectivity index (χ3n) is 23.3. The predicted molar refractivity (Wildman–Crippen MR) is 455 cm³/mol. The zero-order chi connectivity index (χ0) is 90.2. The summed E-state index contributed by atoms with van der Waals surface area (Å²) >= 11 is 6.46. The van der Waals surface area contributed by atoms with Crippen molar-refractivity contribution in [3.63, 3.8) is 0 Å². The topological polar surface area (TPSA) is 386 Å². The number of likely N-dealkylation sites (tertiary alicyclic amines) is 1. The number of rotatable bonds is 25. The molecule has 8 N–H and O–H groups in total. The number of aliphatic hydroxyl groups excluding tert-OH is 1. The number of aliphatic hydroxyl groups is 1. The normalized spacial score (nSPS) is 24.6. The van der Waals surface area contributed by atoms with Gasteiger partial charge in [0.15, 0.2) is 6.04 Å². The fourth-order valence-corrected chi connectivity index (χ4v) is 14.8. The van der Waals surface area contributed by atoms with Gasteiger partial charge in [-0.1, -0.05) is 164 Å². The maximum atomic E-state index is 16.1. The van der Waals surface area contributed by atoms with E-state index in [2.05, 4.69) is 37.2 Å². The van der Waals surface area contributed by atoms with Crippen LogP contribution in [0.2, 0.25) is 5.02 Å². The molecule has 666 valence electrons. The summed E-state index contributed by atoms with van der Waals surface area (Å²) in [4.78, 5) is 236. The molecule has 0 radical (unpaired) electrons. The highest BCUT2D eigenvalue weighted by molar-refractivity contribution is 6.30. The zero-order valence-corrected chi connectivity index (χ0v) is 75.9. The molecule has 2 unspecified atom stereocenters. The molecule has 0 spiro atoms. The number of nitrogens with one attached hydrogen (secondary N) is 7. The van der Waals surface area contributed by atoms with Gasteiger partial charge >= 0.3 is 0 Å². The molecule has 32 heteroatoms. The van der Waals surface area contributed by atoms with Crippen LogP contribution in [0, 0.1) is 41.4 Å². The van der Waals surface area contributed by atoms with Gasteiger partial charge in [-0.25, -0.2) is 0 Å². The second-order valence-electron chi connectivity index (χ2n) is 34.9. The average Bonchev–Trinajstić information content (AvgIpc) is 0.820. The van der Waals surface area contributed by atoms with Gasteiger partial charge in [0.25, 0.3) is 11.8 Å². The first-order valence-electron chi connectivity index (χ1n) is 42.3. The molecule has 2 heterocycles. The SMILES string of the molecule is CC[C@H](C)C(NC(=O)[C@H](CC(C)C)N(C)C(=O)[C@H](Cc1ccccc1)N(C)C(=O)C1NC(=O)[C@H]([C@@H](C)CC)NC(=O)[C@H](CC(C)C)NC(=O)[C@H](C)N(C)C(=O)[C@H](CC(C)C)N(C)C(=O)[C@H](CC(C)C)NC(=O)[C@H](Cc2cccc(Cl)c2)N(C)C(=O)[C@H]([C@@H](C)O)NC(=O)[C@H](C)N(C)C(=O)[C@H](C(C)C)NC(=O)[C@H](C)N(C)C1=O)C(=O)N1CCCCC1. The van der Waals surface area contributed by atoms with Gasteiger partial charge in [0.2, 0.25) is 76.8 Å². The Balaban J connectivity index is 2.02. The molecule has 2 fully saturated rings. The number of amides is 15. The van der Waals surface area contributed by atoms with Gasteiger partial charge in [-0.15, -0.1) is 0 Å². The molecule has 2 saturated heterocycles. The molecular weight excluding hydrogens is 1550 g/mol. The van der Waals surface area contributed by atoms with Crippen LogP contribution in [0.25, 0.3) is 0 Å². The van der Waals surface area contributed by atoms with E-state index in [1.807, 2.05) is 55.4 Å². The lowest BCUT2D eigenvalue weighted by Gasteiger charge is -2.38. The van der Waals surface area contributed by atoms with Crippen LogP contribution in [0.5, 0.6) is 0 Å². The smallest absolute Gasteiger partial charge is 0.255 e. The lowest BCUT2D eigenvalue weighted by molar-refractivity contribution is -0.154. The lowest BCUT2D eigenvalue weighted by atomic mass is 9.94. The summed E-state index contributed by atoms with van der Waals surface area (Å²) in [6.07, 6.45) is 1.40. The van der Waals surface area contributed by atoms with Crippen LogP contribution >= 0.6 is 11.6 Å². The molecule has 2 aliphatic rings. The van der Waals surface area contributed by atoms with Crippen molar-refractivity contribution in [2.24, 2.45) is 41.4 Å². The quantitative estimate of drug-likeness (QED) is 0.0624. The number of likely N-dealkylation sites (N-methyl/N-ethyl adjacent to an activating group) is 7. The molecule has 2 aromatic carbocycles. The van der Waals surface area contributed by atoms with Gasteiger partial charge in [-0.2, -0.15) is 0 Å². The highest BCUT2D eigenvalue weighted by Crippen LogP contribution is 2.26. The van der Waals surface area contributed by atoms with Crippen LogP contribution in [-0.2, 0) is 84.8 Å². The molecule has 15 amide bonds. The molecule has 0 bridgehead atoms. The highest BCUT2D eigenvalue weighted by atomic mass is 35.5. The van der Waals surface area contributed by atoms with Crippen molar-refractivity contribution in [1.82, 2.24) is 76.4 Å². The van der Waals surface area contributed by atoms with Crippen LogP contribution in [0.1, 0.15) is 194 Å². The van der Waals surface area contributed by atoms with Gasteiger partial charge in [0, 0.05) is 80.3 Å². The van der Waals surface area contributed by atoms with Crippen LogP contribution in [0.15, 0.2) is 54.6 Å². The largest absolute Gasteiger partial charge is 0.391 e. The predicted octanol–water partition coefficient (Wildman–Crippen LogP) is 4.71. The first kappa shape index (κ1) is 102. The van der Waals surface area contributed by atoms with E-state index >= 15 is 43.2 Å². The minimum Gasteiger partial charge on any atom is -0.391 e. The monoisotopic (exact) mass is 1690 g/mol. The summed E-state index contributed by atoms with van der Waals surface area (Å²) in [6, 6.07) is -5.68. The van der Waals surface area contributed by atoms with Crippen LogP contribution in [-0.4, -0.2) is 286 Å². The van der Waals surface area contributed by atoms with E-state index in [1.165, 1.54) is 86.8 Å². The number of piperidine rings is 1. The number of nitrogens with zero attached hydrogens (tertiary/aromatic N) is 8. The Morgan fingerprint density at radius 1 is 0.496 bits per heavy atom. The minimum absolute atomic E-state index is 0.0258. The van der Waals surface area contributed by atoms with E-state index in [0.29, 0.717) is 35.7 Å². The molecule has 2 aromatic rings. The molecule has 31 nitrogen and oxygen atoms in total. The van der Waals surface area contributed by atoms with Gasteiger partial charge in [0.1, 0.15) is 78.5 Å². The molecule has 2 aliphatic heterocycles. The Kier molecular flexibility index (Phi) is 40.4. The van der Waals surface area contributed by atoms with E-state index in [-0.39, 0.29) is 80.4 Å². The van der Waals surface area contributed by atoms with Crippen molar-refractivity contribution in [2.45, 2.75) is 286 Å². The average molecular weight is 1690 g/mol. The van der Waals surface area contributed by atoms with Gasteiger partial charge in [-0.05, 0) is 137 Å². The molecule has 17 atom stereocenters. The Hall–Kier alpha value is -9.26. The maximum absolute atomic E-state index is 16.1.